The molecule has 3 N–H and O–H groups in total. The Hall–Kier alpha value is -1.70. The average Bonchev–Trinajstić information content (AvgIpc) is 2.59. The van der Waals surface area contributed by atoms with Crippen molar-refractivity contribution in [3.8, 4) is 0 Å². The summed E-state index contributed by atoms with van der Waals surface area (Å²) in [7, 11) is 3.84. The molecule has 0 amide bonds. The van der Waals surface area contributed by atoms with E-state index >= 15 is 0 Å². The summed E-state index contributed by atoms with van der Waals surface area (Å²) >= 11 is 0. The molecule has 1 aliphatic heterocycles. The number of rotatable bonds is 8. The van der Waals surface area contributed by atoms with Crippen LogP contribution >= 0.6 is 0 Å². The van der Waals surface area contributed by atoms with E-state index in [0.717, 1.165) is 51.4 Å². The first-order valence-corrected chi connectivity index (χ1v) is 8.80. The molecule has 140 valence electrons. The Bertz CT molecular complexity index is 558. The van der Waals surface area contributed by atoms with Crippen molar-refractivity contribution in [2.45, 2.75) is 19.5 Å². The maximum absolute atomic E-state index is 14.0. The molecular weight excluding hydrogens is 321 g/mol. The molecule has 0 unspecified atom stereocenters. The third-order valence-electron chi connectivity index (χ3n) is 4.10. The second-order valence-electron chi connectivity index (χ2n) is 6.60. The maximum atomic E-state index is 14.0. The van der Waals surface area contributed by atoms with Gasteiger partial charge in [0.05, 0.1) is 19.8 Å². The van der Waals surface area contributed by atoms with Gasteiger partial charge in [0.1, 0.15) is 5.82 Å². The van der Waals surface area contributed by atoms with Crippen molar-refractivity contribution in [3.05, 3.63) is 35.1 Å². The summed E-state index contributed by atoms with van der Waals surface area (Å²) in [5.41, 5.74) is 7.38. The van der Waals surface area contributed by atoms with Crippen LogP contribution in [0.2, 0.25) is 0 Å². The zero-order chi connectivity index (χ0) is 18.1. The monoisotopic (exact) mass is 351 g/mol. The maximum Gasteiger partial charge on any atom is 0.188 e. The number of morpholine rings is 1. The van der Waals surface area contributed by atoms with Crippen LogP contribution in [-0.4, -0.2) is 69.2 Å². The molecule has 0 spiro atoms. The summed E-state index contributed by atoms with van der Waals surface area (Å²) in [5, 5.41) is 3.11. The van der Waals surface area contributed by atoms with Crippen LogP contribution in [0.15, 0.2) is 23.2 Å². The molecule has 0 saturated carbocycles. The lowest BCUT2D eigenvalue weighted by Gasteiger charge is -2.26. The van der Waals surface area contributed by atoms with Crippen LogP contribution in [0.3, 0.4) is 0 Å². The van der Waals surface area contributed by atoms with Crippen molar-refractivity contribution in [3.63, 3.8) is 0 Å². The minimum absolute atomic E-state index is 0.196. The van der Waals surface area contributed by atoms with E-state index in [1.165, 1.54) is 6.07 Å². The van der Waals surface area contributed by atoms with Gasteiger partial charge in [-0.05, 0) is 38.7 Å². The van der Waals surface area contributed by atoms with Crippen molar-refractivity contribution < 1.29 is 9.13 Å². The lowest BCUT2D eigenvalue weighted by atomic mass is 10.1. The van der Waals surface area contributed by atoms with E-state index in [1.807, 2.05) is 31.1 Å². The SMILES string of the molecule is CN(C)Cc1ccc(CN=C(N)NCCCN2CCOCC2)cc1F. The zero-order valence-electron chi connectivity index (χ0n) is 15.3. The number of nitrogens with two attached hydrogens (primary N) is 1. The molecule has 0 atom stereocenters. The number of halogens is 1. The molecule has 0 aromatic heterocycles. The number of nitrogens with one attached hydrogen (secondary N) is 1. The van der Waals surface area contributed by atoms with Crippen LogP contribution in [0.1, 0.15) is 17.5 Å². The van der Waals surface area contributed by atoms with E-state index in [-0.39, 0.29) is 5.82 Å². The minimum Gasteiger partial charge on any atom is -0.379 e. The summed E-state index contributed by atoms with van der Waals surface area (Å²) in [4.78, 5) is 8.61. The Balaban J connectivity index is 1.70. The normalized spacial score (nSPS) is 16.4. The molecule has 1 aromatic carbocycles. The zero-order valence-corrected chi connectivity index (χ0v) is 15.3. The highest BCUT2D eigenvalue weighted by atomic mass is 19.1. The predicted molar refractivity (Wildman–Crippen MR) is 99.0 cm³/mol. The standard InChI is InChI=1S/C18H30FN5O/c1-23(2)14-16-5-4-15(12-17(16)19)13-22-18(20)21-6-3-7-24-8-10-25-11-9-24/h4-5,12H,3,6-11,13-14H2,1-2H3,(H3,20,21,22). The topological polar surface area (TPSA) is 66.1 Å². The van der Waals surface area contributed by atoms with E-state index in [9.17, 15) is 4.39 Å². The molecule has 1 fully saturated rings. The number of benzene rings is 1. The summed E-state index contributed by atoms with van der Waals surface area (Å²) in [6, 6.07) is 5.25. The lowest BCUT2D eigenvalue weighted by molar-refractivity contribution is 0.0376. The quantitative estimate of drug-likeness (QED) is 0.416. The molecule has 1 aromatic rings. The van der Waals surface area contributed by atoms with Crippen LogP contribution in [0.4, 0.5) is 4.39 Å². The Morgan fingerprint density at radius 1 is 1.36 bits per heavy atom. The Morgan fingerprint density at radius 2 is 2.12 bits per heavy atom. The van der Waals surface area contributed by atoms with Crippen LogP contribution < -0.4 is 11.1 Å². The first kappa shape index (κ1) is 19.6. The second-order valence-corrected chi connectivity index (χ2v) is 6.60. The van der Waals surface area contributed by atoms with Gasteiger partial charge >= 0.3 is 0 Å². The van der Waals surface area contributed by atoms with Gasteiger partial charge in [0.25, 0.3) is 0 Å². The molecule has 0 radical (unpaired) electrons. The third kappa shape index (κ3) is 7.37. The molecular formula is C18H30FN5O. The van der Waals surface area contributed by atoms with Gasteiger partial charge in [-0.2, -0.15) is 0 Å². The fourth-order valence-corrected chi connectivity index (χ4v) is 2.73. The number of hydrogen-bond donors (Lipinski definition) is 2. The molecule has 1 saturated heterocycles. The lowest BCUT2D eigenvalue weighted by Crippen LogP contribution is -2.39. The van der Waals surface area contributed by atoms with E-state index < -0.39 is 0 Å². The first-order chi connectivity index (χ1) is 12.0. The minimum atomic E-state index is -0.196. The average molecular weight is 351 g/mol. The molecule has 0 aliphatic carbocycles. The van der Waals surface area contributed by atoms with Gasteiger partial charge in [0.15, 0.2) is 5.96 Å². The van der Waals surface area contributed by atoms with Crippen molar-refractivity contribution in [1.82, 2.24) is 15.1 Å². The van der Waals surface area contributed by atoms with Crippen LogP contribution in [-0.2, 0) is 17.8 Å². The molecule has 1 aliphatic rings. The Kier molecular flexibility index (Phi) is 8.11. The fraction of sp³-hybridized carbons (Fsp3) is 0.611. The third-order valence-corrected chi connectivity index (χ3v) is 4.10. The molecule has 1 heterocycles. The number of nitrogens with zero attached hydrogens (tertiary/aromatic N) is 3. The number of guanidine groups is 1. The summed E-state index contributed by atoms with van der Waals surface area (Å²) in [5.74, 6) is 0.207. The Labute approximate surface area is 149 Å². The number of ether oxygens (including phenoxy) is 1. The second kappa shape index (κ2) is 10.3. The van der Waals surface area contributed by atoms with E-state index in [1.54, 1.807) is 0 Å². The van der Waals surface area contributed by atoms with E-state index in [4.69, 9.17) is 10.5 Å². The summed E-state index contributed by atoms with van der Waals surface area (Å²) in [6.07, 6.45) is 1.00. The molecule has 7 heteroatoms. The van der Waals surface area contributed by atoms with Crippen molar-refractivity contribution in [2.24, 2.45) is 10.7 Å². The highest BCUT2D eigenvalue weighted by Gasteiger charge is 2.09. The molecule has 6 nitrogen and oxygen atoms in total. The van der Waals surface area contributed by atoms with Crippen LogP contribution in [0, 0.1) is 5.82 Å². The Morgan fingerprint density at radius 3 is 2.80 bits per heavy atom. The molecule has 0 bridgehead atoms. The van der Waals surface area contributed by atoms with Crippen LogP contribution in [0.25, 0.3) is 0 Å². The van der Waals surface area contributed by atoms with Gasteiger partial charge in [-0.1, -0.05) is 12.1 Å². The van der Waals surface area contributed by atoms with Gasteiger partial charge in [0, 0.05) is 31.7 Å². The van der Waals surface area contributed by atoms with Gasteiger partial charge in [-0.3, -0.25) is 4.90 Å². The van der Waals surface area contributed by atoms with Gasteiger partial charge in [-0.15, -0.1) is 0 Å². The van der Waals surface area contributed by atoms with Crippen LogP contribution in [0.5, 0.6) is 0 Å². The largest absolute Gasteiger partial charge is 0.379 e. The van der Waals surface area contributed by atoms with Crippen molar-refractivity contribution in [2.75, 3.05) is 53.5 Å². The highest BCUT2D eigenvalue weighted by molar-refractivity contribution is 5.77. The molecule has 25 heavy (non-hydrogen) atoms. The van der Waals surface area contributed by atoms with E-state index in [0.29, 0.717) is 24.6 Å². The fourth-order valence-electron chi connectivity index (χ4n) is 2.73. The van der Waals surface area contributed by atoms with Gasteiger partial charge < -0.3 is 20.7 Å². The van der Waals surface area contributed by atoms with Gasteiger partial charge in [0.2, 0.25) is 0 Å². The number of hydrogen-bond acceptors (Lipinski definition) is 4. The smallest absolute Gasteiger partial charge is 0.188 e. The number of aliphatic imine (C=N–C) groups is 1. The first-order valence-electron chi connectivity index (χ1n) is 8.80. The molecule has 2 rings (SSSR count). The van der Waals surface area contributed by atoms with Crippen molar-refractivity contribution in [1.29, 1.82) is 0 Å². The highest BCUT2D eigenvalue weighted by Crippen LogP contribution is 2.12. The van der Waals surface area contributed by atoms with Crippen molar-refractivity contribution >= 4 is 5.96 Å². The predicted octanol–water partition coefficient (Wildman–Crippen LogP) is 1.01. The van der Waals surface area contributed by atoms with Gasteiger partial charge in [-0.25, -0.2) is 9.38 Å². The van der Waals surface area contributed by atoms with E-state index in [2.05, 4.69) is 15.2 Å². The summed E-state index contributed by atoms with van der Waals surface area (Å²) in [6.45, 7) is 6.41. The summed E-state index contributed by atoms with van der Waals surface area (Å²) < 4.78 is 19.4.